The summed E-state index contributed by atoms with van der Waals surface area (Å²) in [4.78, 5) is 40.2. The molecule has 8 heteroatoms. The Hall–Kier alpha value is -2.22. The molecule has 0 radical (unpaired) electrons. The van der Waals surface area contributed by atoms with Crippen molar-refractivity contribution in [2.75, 3.05) is 7.11 Å². The highest BCUT2D eigenvalue weighted by Gasteiger charge is 2.30. The summed E-state index contributed by atoms with van der Waals surface area (Å²) in [6, 6.07) is 5.25. The monoisotopic (exact) mass is 395 g/mol. The van der Waals surface area contributed by atoms with Crippen molar-refractivity contribution in [2.24, 2.45) is 0 Å². The van der Waals surface area contributed by atoms with Crippen molar-refractivity contribution in [3.63, 3.8) is 0 Å². The van der Waals surface area contributed by atoms with E-state index < -0.39 is 11.5 Å². The average molecular weight is 396 g/mol. The van der Waals surface area contributed by atoms with Crippen LogP contribution in [0.2, 0.25) is 0 Å². The first kappa shape index (κ1) is 18.1. The number of nitrogens with one attached hydrogen (secondary N) is 1. The van der Waals surface area contributed by atoms with Gasteiger partial charge in [-0.3, -0.25) is 14.2 Å². The molecule has 0 saturated carbocycles. The van der Waals surface area contributed by atoms with Crippen LogP contribution in [0.4, 0.5) is 0 Å². The number of esters is 1. The summed E-state index contributed by atoms with van der Waals surface area (Å²) in [6.07, 6.45) is 1.46. The molecule has 1 heterocycles. The van der Waals surface area contributed by atoms with Gasteiger partial charge in [0.15, 0.2) is 0 Å². The van der Waals surface area contributed by atoms with E-state index >= 15 is 0 Å². The van der Waals surface area contributed by atoms with Crippen molar-refractivity contribution in [1.29, 1.82) is 0 Å². The number of aryl methyl sites for hydroxylation is 1. The summed E-state index contributed by atoms with van der Waals surface area (Å²) in [5, 5.41) is 3.06. The molecule has 1 aromatic heterocycles. The summed E-state index contributed by atoms with van der Waals surface area (Å²) in [5.74, 6) is -0.892. The molecule has 128 valence electrons. The van der Waals surface area contributed by atoms with Gasteiger partial charge in [-0.05, 0) is 32.0 Å². The highest BCUT2D eigenvalue weighted by Crippen LogP contribution is 2.14. The second-order valence-corrected chi connectivity index (χ2v) is 6.74. The van der Waals surface area contributed by atoms with Gasteiger partial charge >= 0.3 is 5.97 Å². The maximum Gasteiger partial charge on any atom is 0.330 e. The summed E-state index contributed by atoms with van der Waals surface area (Å²) in [6.45, 7) is 3.27. The lowest BCUT2D eigenvalue weighted by Crippen LogP contribution is -2.50. The van der Waals surface area contributed by atoms with Crippen LogP contribution in [0, 0.1) is 0 Å². The zero-order valence-corrected chi connectivity index (χ0v) is 15.2. The molecule has 0 saturated heterocycles. The van der Waals surface area contributed by atoms with Crippen molar-refractivity contribution < 1.29 is 14.3 Å². The second kappa shape index (κ2) is 7.12. The normalized spacial score (nSPS) is 11.3. The fourth-order valence-corrected chi connectivity index (χ4v) is 2.59. The number of hydrogen-bond donors (Lipinski definition) is 1. The van der Waals surface area contributed by atoms with Crippen LogP contribution in [0.3, 0.4) is 0 Å². The molecule has 1 aromatic carbocycles. The van der Waals surface area contributed by atoms with Gasteiger partial charge in [-0.2, -0.15) is 0 Å². The molecular formula is C16H18BrN3O4. The first-order chi connectivity index (χ1) is 11.2. The van der Waals surface area contributed by atoms with Crippen LogP contribution in [0.5, 0.6) is 0 Å². The van der Waals surface area contributed by atoms with Crippen molar-refractivity contribution in [1.82, 2.24) is 14.9 Å². The summed E-state index contributed by atoms with van der Waals surface area (Å²) < 4.78 is 6.79. The van der Waals surface area contributed by atoms with Gasteiger partial charge in [-0.15, -0.1) is 0 Å². The fraction of sp³-hybridized carbons (Fsp3) is 0.375. The quantitative estimate of drug-likeness (QED) is 0.776. The van der Waals surface area contributed by atoms with Crippen LogP contribution in [-0.2, 0) is 20.9 Å². The standard InChI is InChI=1S/C16H18BrN3O4/c1-16(2,15(23)24-3)19-13(21)6-7-20-9-18-12-5-4-10(17)8-11(12)14(20)22/h4-5,8-9H,6-7H2,1-3H3,(H,19,21). The fourth-order valence-electron chi connectivity index (χ4n) is 2.23. The molecule has 0 unspecified atom stereocenters. The molecule has 0 aliphatic rings. The Kier molecular flexibility index (Phi) is 5.38. The minimum Gasteiger partial charge on any atom is -0.467 e. The number of halogens is 1. The molecule has 7 nitrogen and oxygen atoms in total. The molecular weight excluding hydrogens is 378 g/mol. The summed E-state index contributed by atoms with van der Waals surface area (Å²) in [5.41, 5.74) is -0.749. The number of ether oxygens (including phenoxy) is 1. The Labute approximate surface area is 147 Å². The van der Waals surface area contributed by atoms with Crippen LogP contribution in [0.25, 0.3) is 10.9 Å². The molecule has 2 rings (SSSR count). The minimum absolute atomic E-state index is 0.0432. The highest BCUT2D eigenvalue weighted by atomic mass is 79.9. The Morgan fingerprint density at radius 2 is 2.08 bits per heavy atom. The number of nitrogens with zero attached hydrogens (tertiary/aromatic N) is 2. The molecule has 0 aliphatic heterocycles. The number of hydrogen-bond acceptors (Lipinski definition) is 5. The van der Waals surface area contributed by atoms with E-state index in [1.165, 1.54) is 18.0 Å². The third-order valence-electron chi connectivity index (χ3n) is 3.51. The van der Waals surface area contributed by atoms with Crippen molar-refractivity contribution in [3.8, 4) is 0 Å². The number of methoxy groups -OCH3 is 1. The molecule has 2 aromatic rings. The van der Waals surface area contributed by atoms with E-state index in [0.717, 1.165) is 4.47 Å². The second-order valence-electron chi connectivity index (χ2n) is 5.82. The molecule has 0 spiro atoms. The van der Waals surface area contributed by atoms with E-state index in [2.05, 4.69) is 31.0 Å². The van der Waals surface area contributed by atoms with Gasteiger partial charge in [-0.25, -0.2) is 9.78 Å². The molecule has 24 heavy (non-hydrogen) atoms. The first-order valence-corrected chi connectivity index (χ1v) is 8.08. The van der Waals surface area contributed by atoms with Gasteiger partial charge < -0.3 is 10.1 Å². The summed E-state index contributed by atoms with van der Waals surface area (Å²) in [7, 11) is 1.26. The lowest BCUT2D eigenvalue weighted by molar-refractivity contribution is -0.149. The number of aromatic nitrogens is 2. The number of carbonyl (C=O) groups excluding carboxylic acids is 2. The predicted molar refractivity (Wildman–Crippen MR) is 92.6 cm³/mol. The largest absolute Gasteiger partial charge is 0.467 e. The summed E-state index contributed by atoms with van der Waals surface area (Å²) >= 11 is 3.32. The third-order valence-corrected chi connectivity index (χ3v) is 4.01. The van der Waals surface area contributed by atoms with E-state index in [0.29, 0.717) is 10.9 Å². The lowest BCUT2D eigenvalue weighted by Gasteiger charge is -2.23. The average Bonchev–Trinajstić information content (AvgIpc) is 2.53. The Morgan fingerprint density at radius 1 is 1.38 bits per heavy atom. The van der Waals surface area contributed by atoms with Crippen LogP contribution in [0.15, 0.2) is 33.8 Å². The topological polar surface area (TPSA) is 90.3 Å². The van der Waals surface area contributed by atoms with Gasteiger partial charge in [-0.1, -0.05) is 15.9 Å². The van der Waals surface area contributed by atoms with Gasteiger partial charge in [0.25, 0.3) is 5.56 Å². The Balaban J connectivity index is 2.11. The zero-order valence-electron chi connectivity index (χ0n) is 13.6. The lowest BCUT2D eigenvalue weighted by atomic mass is 10.1. The van der Waals surface area contributed by atoms with Gasteiger partial charge in [0.2, 0.25) is 5.91 Å². The van der Waals surface area contributed by atoms with Crippen LogP contribution in [-0.4, -0.2) is 34.1 Å². The van der Waals surface area contributed by atoms with Crippen molar-refractivity contribution >= 4 is 38.7 Å². The molecule has 0 fully saturated rings. The van der Waals surface area contributed by atoms with Crippen LogP contribution in [0.1, 0.15) is 20.3 Å². The zero-order chi connectivity index (χ0) is 17.9. The smallest absolute Gasteiger partial charge is 0.330 e. The third kappa shape index (κ3) is 4.00. The first-order valence-electron chi connectivity index (χ1n) is 7.29. The van der Waals surface area contributed by atoms with Crippen molar-refractivity contribution in [3.05, 3.63) is 39.4 Å². The van der Waals surface area contributed by atoms with Crippen LogP contribution < -0.4 is 10.9 Å². The molecule has 0 bridgehead atoms. The van der Waals surface area contributed by atoms with E-state index in [4.69, 9.17) is 0 Å². The Morgan fingerprint density at radius 3 is 2.75 bits per heavy atom. The molecule has 0 aliphatic carbocycles. The SMILES string of the molecule is COC(=O)C(C)(C)NC(=O)CCn1cnc2ccc(Br)cc2c1=O. The minimum atomic E-state index is -1.12. The maximum absolute atomic E-state index is 12.4. The van der Waals surface area contributed by atoms with Gasteiger partial charge in [0, 0.05) is 17.4 Å². The van der Waals surface area contributed by atoms with E-state index in [-0.39, 0.29) is 24.4 Å². The highest BCUT2D eigenvalue weighted by molar-refractivity contribution is 9.10. The van der Waals surface area contributed by atoms with E-state index in [1.807, 2.05) is 0 Å². The number of rotatable bonds is 5. The van der Waals surface area contributed by atoms with Crippen LogP contribution >= 0.6 is 15.9 Å². The Bertz CT molecular complexity index is 845. The number of amides is 1. The number of carbonyl (C=O) groups is 2. The van der Waals surface area contributed by atoms with Gasteiger partial charge in [0.05, 0.1) is 24.3 Å². The number of fused-ring (bicyclic) bond motifs is 1. The van der Waals surface area contributed by atoms with E-state index in [1.54, 1.807) is 32.0 Å². The van der Waals surface area contributed by atoms with Gasteiger partial charge in [0.1, 0.15) is 5.54 Å². The maximum atomic E-state index is 12.4. The van der Waals surface area contributed by atoms with Crippen molar-refractivity contribution in [2.45, 2.75) is 32.4 Å². The molecule has 1 N–H and O–H groups in total. The van der Waals surface area contributed by atoms with E-state index in [9.17, 15) is 14.4 Å². The predicted octanol–water partition coefficient (Wildman–Crippen LogP) is 1.62. The molecule has 1 amide bonds. The molecule has 0 atom stereocenters. The number of benzene rings is 1.